The summed E-state index contributed by atoms with van der Waals surface area (Å²) in [5, 5.41) is 11.9. The van der Waals surface area contributed by atoms with Gasteiger partial charge in [-0.3, -0.25) is 4.79 Å². The Balaban J connectivity index is 2.84. The SMILES string of the molecule is CCCNC(=O)C(C)NS(=O)(=O)c1ccc(O)c(N)c1. The van der Waals surface area contributed by atoms with E-state index in [2.05, 4.69) is 10.0 Å². The zero-order chi connectivity index (χ0) is 15.3. The molecule has 1 amide bonds. The first-order valence-electron chi connectivity index (χ1n) is 6.16. The lowest BCUT2D eigenvalue weighted by atomic mass is 10.3. The number of sulfonamides is 1. The van der Waals surface area contributed by atoms with Crippen molar-refractivity contribution in [3.8, 4) is 5.75 Å². The molecule has 0 aliphatic carbocycles. The van der Waals surface area contributed by atoms with Gasteiger partial charge in [0.2, 0.25) is 15.9 Å². The van der Waals surface area contributed by atoms with Gasteiger partial charge in [0.25, 0.3) is 0 Å². The van der Waals surface area contributed by atoms with Crippen LogP contribution in [0.25, 0.3) is 0 Å². The molecule has 0 spiro atoms. The minimum atomic E-state index is -3.87. The van der Waals surface area contributed by atoms with Crippen LogP contribution in [-0.2, 0) is 14.8 Å². The summed E-state index contributed by atoms with van der Waals surface area (Å²) in [5.74, 6) is -0.597. The van der Waals surface area contributed by atoms with Gasteiger partial charge in [-0.05, 0) is 31.5 Å². The maximum Gasteiger partial charge on any atom is 0.241 e. The number of carbonyl (C=O) groups excluding carboxylic acids is 1. The van der Waals surface area contributed by atoms with Crippen molar-refractivity contribution in [2.24, 2.45) is 0 Å². The average Bonchev–Trinajstić information content (AvgIpc) is 2.38. The minimum absolute atomic E-state index is 0.0454. The molecule has 8 heteroatoms. The molecule has 0 radical (unpaired) electrons. The fraction of sp³-hybridized carbons (Fsp3) is 0.417. The van der Waals surface area contributed by atoms with Crippen LogP contribution in [0.4, 0.5) is 5.69 Å². The van der Waals surface area contributed by atoms with Gasteiger partial charge in [-0.2, -0.15) is 4.72 Å². The summed E-state index contributed by atoms with van der Waals surface area (Å²) in [7, 11) is -3.87. The first-order chi connectivity index (χ1) is 9.27. The number of nitrogens with one attached hydrogen (secondary N) is 2. The lowest BCUT2D eigenvalue weighted by Crippen LogP contribution is -2.44. The van der Waals surface area contributed by atoms with Crippen molar-refractivity contribution >= 4 is 21.6 Å². The van der Waals surface area contributed by atoms with Crippen molar-refractivity contribution in [2.45, 2.75) is 31.2 Å². The number of benzene rings is 1. The number of nitrogens with two attached hydrogens (primary N) is 1. The molecule has 0 heterocycles. The number of aromatic hydroxyl groups is 1. The van der Waals surface area contributed by atoms with E-state index in [1.807, 2.05) is 6.92 Å². The second-order valence-electron chi connectivity index (χ2n) is 4.35. The molecule has 0 aliphatic heterocycles. The standard InChI is InChI=1S/C12H19N3O4S/c1-3-6-14-12(17)8(2)15-20(18,19)9-4-5-11(16)10(13)7-9/h4-5,7-8,15-16H,3,6,13H2,1-2H3,(H,14,17). The van der Waals surface area contributed by atoms with Gasteiger partial charge < -0.3 is 16.2 Å². The summed E-state index contributed by atoms with van der Waals surface area (Å²) in [6, 6.07) is 2.63. The number of phenolic OH excluding ortho intramolecular Hbond substituents is 1. The second kappa shape index (κ2) is 6.58. The van der Waals surface area contributed by atoms with E-state index in [-0.39, 0.29) is 16.3 Å². The Morgan fingerprint density at radius 3 is 2.65 bits per heavy atom. The molecule has 0 fully saturated rings. The topological polar surface area (TPSA) is 122 Å². The molecular formula is C12H19N3O4S. The van der Waals surface area contributed by atoms with Gasteiger partial charge in [0, 0.05) is 6.54 Å². The maximum absolute atomic E-state index is 12.1. The number of carbonyl (C=O) groups is 1. The van der Waals surface area contributed by atoms with Gasteiger partial charge in [-0.15, -0.1) is 0 Å². The number of hydrogen-bond donors (Lipinski definition) is 4. The number of rotatable bonds is 6. The van der Waals surface area contributed by atoms with Crippen LogP contribution in [0.15, 0.2) is 23.1 Å². The van der Waals surface area contributed by atoms with Gasteiger partial charge in [0.15, 0.2) is 0 Å². The molecule has 20 heavy (non-hydrogen) atoms. The van der Waals surface area contributed by atoms with Crippen molar-refractivity contribution in [1.82, 2.24) is 10.0 Å². The highest BCUT2D eigenvalue weighted by Crippen LogP contribution is 2.23. The van der Waals surface area contributed by atoms with E-state index in [9.17, 15) is 18.3 Å². The van der Waals surface area contributed by atoms with Gasteiger partial charge in [-0.1, -0.05) is 6.92 Å². The fourth-order valence-electron chi connectivity index (χ4n) is 1.46. The van der Waals surface area contributed by atoms with E-state index in [1.54, 1.807) is 0 Å². The first-order valence-corrected chi connectivity index (χ1v) is 7.64. The zero-order valence-corrected chi connectivity index (χ0v) is 12.2. The number of phenols is 1. The van der Waals surface area contributed by atoms with Crippen LogP contribution in [0.2, 0.25) is 0 Å². The van der Waals surface area contributed by atoms with Crippen molar-refractivity contribution in [3.05, 3.63) is 18.2 Å². The van der Waals surface area contributed by atoms with E-state index in [0.717, 1.165) is 12.5 Å². The van der Waals surface area contributed by atoms with Gasteiger partial charge >= 0.3 is 0 Å². The summed E-state index contributed by atoms with van der Waals surface area (Å²) in [4.78, 5) is 11.5. The van der Waals surface area contributed by atoms with Crippen molar-refractivity contribution in [3.63, 3.8) is 0 Å². The lowest BCUT2D eigenvalue weighted by molar-refractivity contribution is -0.122. The summed E-state index contributed by atoms with van der Waals surface area (Å²) in [6.07, 6.45) is 0.764. The second-order valence-corrected chi connectivity index (χ2v) is 6.07. The molecule has 1 aromatic carbocycles. The van der Waals surface area contributed by atoms with Crippen molar-refractivity contribution in [1.29, 1.82) is 0 Å². The Bertz CT molecular complexity index is 586. The van der Waals surface area contributed by atoms with E-state index >= 15 is 0 Å². The Hall–Kier alpha value is -1.80. The molecule has 0 aliphatic rings. The van der Waals surface area contributed by atoms with Crippen LogP contribution in [-0.4, -0.2) is 32.0 Å². The van der Waals surface area contributed by atoms with E-state index in [1.165, 1.54) is 19.1 Å². The third kappa shape index (κ3) is 4.10. The Kier molecular flexibility index (Phi) is 5.34. The van der Waals surface area contributed by atoms with Gasteiger partial charge in [0.05, 0.1) is 16.6 Å². The quantitative estimate of drug-likeness (QED) is 0.441. The van der Waals surface area contributed by atoms with Crippen LogP contribution in [0, 0.1) is 0 Å². The summed E-state index contributed by atoms with van der Waals surface area (Å²) >= 11 is 0. The maximum atomic E-state index is 12.1. The molecular weight excluding hydrogens is 282 g/mol. The van der Waals surface area contributed by atoms with Crippen molar-refractivity contribution in [2.75, 3.05) is 12.3 Å². The smallest absolute Gasteiger partial charge is 0.241 e. The third-order valence-corrected chi connectivity index (χ3v) is 4.12. The van der Waals surface area contributed by atoms with Gasteiger partial charge in [-0.25, -0.2) is 8.42 Å². The molecule has 0 aromatic heterocycles. The largest absolute Gasteiger partial charge is 0.506 e. The van der Waals surface area contributed by atoms with Crippen molar-refractivity contribution < 1.29 is 18.3 Å². The van der Waals surface area contributed by atoms with Crippen LogP contribution in [0.1, 0.15) is 20.3 Å². The fourth-order valence-corrected chi connectivity index (χ4v) is 2.69. The van der Waals surface area contributed by atoms with Crippen LogP contribution >= 0.6 is 0 Å². The number of nitrogen functional groups attached to an aromatic ring is 1. The summed E-state index contributed by atoms with van der Waals surface area (Å²) in [5.41, 5.74) is 5.41. The van der Waals surface area contributed by atoms with Crippen LogP contribution in [0.5, 0.6) is 5.75 Å². The van der Waals surface area contributed by atoms with E-state index in [0.29, 0.717) is 6.54 Å². The number of amides is 1. The van der Waals surface area contributed by atoms with Crippen LogP contribution in [0.3, 0.4) is 0 Å². The summed E-state index contributed by atoms with van der Waals surface area (Å²) in [6.45, 7) is 3.83. The third-order valence-electron chi connectivity index (χ3n) is 2.58. The number of hydrogen-bond acceptors (Lipinski definition) is 5. The molecule has 1 rings (SSSR count). The number of anilines is 1. The molecule has 7 nitrogen and oxygen atoms in total. The monoisotopic (exact) mass is 301 g/mol. The molecule has 5 N–H and O–H groups in total. The molecule has 1 atom stereocenters. The normalized spacial score (nSPS) is 12.9. The highest BCUT2D eigenvalue weighted by atomic mass is 32.2. The van der Waals surface area contributed by atoms with E-state index in [4.69, 9.17) is 5.73 Å². The molecule has 0 saturated heterocycles. The molecule has 1 unspecified atom stereocenters. The predicted molar refractivity (Wildman–Crippen MR) is 75.6 cm³/mol. The highest BCUT2D eigenvalue weighted by molar-refractivity contribution is 7.89. The predicted octanol–water partition coefficient (Wildman–Crippen LogP) is 0.167. The lowest BCUT2D eigenvalue weighted by Gasteiger charge is -2.14. The van der Waals surface area contributed by atoms with E-state index < -0.39 is 22.0 Å². The molecule has 1 aromatic rings. The molecule has 112 valence electrons. The molecule has 0 bridgehead atoms. The zero-order valence-electron chi connectivity index (χ0n) is 11.4. The Labute approximate surface area is 118 Å². The van der Waals surface area contributed by atoms with Gasteiger partial charge in [0.1, 0.15) is 5.75 Å². The Morgan fingerprint density at radius 2 is 2.10 bits per heavy atom. The first kappa shape index (κ1) is 16.3. The minimum Gasteiger partial charge on any atom is -0.506 e. The summed E-state index contributed by atoms with van der Waals surface area (Å²) < 4.78 is 26.4. The molecule has 0 saturated carbocycles. The Morgan fingerprint density at radius 1 is 1.45 bits per heavy atom. The highest BCUT2D eigenvalue weighted by Gasteiger charge is 2.22. The average molecular weight is 301 g/mol. The van der Waals surface area contributed by atoms with Crippen LogP contribution < -0.4 is 15.8 Å².